The van der Waals surface area contributed by atoms with Crippen LogP contribution in [0.25, 0.3) is 0 Å². The normalized spacial score (nSPS) is 12.5. The van der Waals surface area contributed by atoms with Crippen molar-refractivity contribution >= 4 is 21.6 Å². The number of nitrogens with zero attached hydrogens (tertiary/aromatic N) is 1. The highest BCUT2D eigenvalue weighted by molar-refractivity contribution is 7.92. The third-order valence-corrected chi connectivity index (χ3v) is 5.20. The Morgan fingerprint density at radius 2 is 1.77 bits per heavy atom. The van der Waals surface area contributed by atoms with Crippen molar-refractivity contribution < 1.29 is 17.6 Å². The third kappa shape index (κ3) is 5.05. The number of carbonyl (C=O) groups is 1. The highest BCUT2D eigenvalue weighted by atomic mass is 32.2. The minimum absolute atomic E-state index is 0.318. The largest absolute Gasteiger partial charge is 0.348 e. The Morgan fingerprint density at radius 3 is 2.35 bits per heavy atom. The van der Waals surface area contributed by atoms with Crippen LogP contribution in [0.15, 0.2) is 48.5 Å². The molecule has 0 radical (unpaired) electrons. The van der Waals surface area contributed by atoms with Crippen LogP contribution in [-0.4, -0.2) is 27.1 Å². The first-order valence-electron chi connectivity index (χ1n) is 8.32. The van der Waals surface area contributed by atoms with Crippen molar-refractivity contribution in [1.82, 2.24) is 5.32 Å². The Hall–Kier alpha value is -2.41. The number of aryl methyl sites for hydroxylation is 1. The van der Waals surface area contributed by atoms with Crippen LogP contribution in [-0.2, 0) is 21.2 Å². The minimum Gasteiger partial charge on any atom is -0.348 e. The second kappa shape index (κ2) is 8.31. The van der Waals surface area contributed by atoms with Crippen molar-refractivity contribution in [2.75, 3.05) is 17.1 Å². The van der Waals surface area contributed by atoms with Gasteiger partial charge in [0.2, 0.25) is 15.9 Å². The lowest BCUT2D eigenvalue weighted by Crippen LogP contribution is -2.41. The van der Waals surface area contributed by atoms with Gasteiger partial charge >= 0.3 is 0 Å². The maximum atomic E-state index is 13.0. The summed E-state index contributed by atoms with van der Waals surface area (Å²) in [6.07, 6.45) is 1.73. The predicted octanol–water partition coefficient (Wildman–Crippen LogP) is 3.03. The average Bonchev–Trinajstić information content (AvgIpc) is 2.59. The molecule has 2 rings (SSSR count). The van der Waals surface area contributed by atoms with Crippen LogP contribution >= 0.6 is 0 Å². The fraction of sp³-hybridized carbons (Fsp3) is 0.316. The van der Waals surface area contributed by atoms with E-state index in [0.29, 0.717) is 12.1 Å². The Morgan fingerprint density at radius 1 is 1.15 bits per heavy atom. The predicted molar refractivity (Wildman–Crippen MR) is 101 cm³/mol. The summed E-state index contributed by atoms with van der Waals surface area (Å²) in [5.41, 5.74) is 2.08. The molecule has 140 valence electrons. The van der Waals surface area contributed by atoms with E-state index >= 15 is 0 Å². The first kappa shape index (κ1) is 19.9. The van der Waals surface area contributed by atoms with Crippen molar-refractivity contribution in [3.63, 3.8) is 0 Å². The van der Waals surface area contributed by atoms with E-state index in [4.69, 9.17) is 0 Å². The monoisotopic (exact) mass is 378 g/mol. The van der Waals surface area contributed by atoms with E-state index in [1.54, 1.807) is 31.2 Å². The van der Waals surface area contributed by atoms with Crippen molar-refractivity contribution in [3.8, 4) is 0 Å². The number of amides is 1. The van der Waals surface area contributed by atoms with Gasteiger partial charge in [0.25, 0.3) is 0 Å². The van der Waals surface area contributed by atoms with Gasteiger partial charge in [-0.05, 0) is 42.7 Å². The number of sulfonamides is 1. The Balaban J connectivity index is 2.18. The minimum atomic E-state index is -3.63. The van der Waals surface area contributed by atoms with E-state index in [1.807, 2.05) is 19.1 Å². The standard InChI is InChI=1S/C19H23FN2O3S/c1-4-15-7-5-6-8-18(15)22(26(3,24)25)13-19(23)21-14(2)16-9-11-17(20)12-10-16/h5-12,14H,4,13H2,1-3H3,(H,21,23)/t14-/m0/s1. The Bertz CT molecular complexity index is 867. The number of hydrogen-bond acceptors (Lipinski definition) is 3. The summed E-state index contributed by atoms with van der Waals surface area (Å²) in [6, 6.07) is 12.5. The van der Waals surface area contributed by atoms with Crippen LogP contribution in [0.3, 0.4) is 0 Å². The number of rotatable bonds is 7. The Kier molecular flexibility index (Phi) is 6.37. The summed E-state index contributed by atoms with van der Waals surface area (Å²) >= 11 is 0. The van der Waals surface area contributed by atoms with E-state index in [9.17, 15) is 17.6 Å². The molecule has 2 aromatic rings. The van der Waals surface area contributed by atoms with Gasteiger partial charge in [-0.3, -0.25) is 9.10 Å². The molecule has 1 N–H and O–H groups in total. The molecule has 7 heteroatoms. The zero-order valence-corrected chi connectivity index (χ0v) is 15.9. The number of para-hydroxylation sites is 1. The van der Waals surface area contributed by atoms with Gasteiger partial charge in [-0.15, -0.1) is 0 Å². The van der Waals surface area contributed by atoms with Crippen LogP contribution in [0.5, 0.6) is 0 Å². The summed E-state index contributed by atoms with van der Waals surface area (Å²) in [5, 5.41) is 2.76. The van der Waals surface area contributed by atoms with E-state index < -0.39 is 15.9 Å². The Labute approximate surface area is 153 Å². The highest BCUT2D eigenvalue weighted by Crippen LogP contribution is 2.23. The van der Waals surface area contributed by atoms with E-state index in [-0.39, 0.29) is 18.4 Å². The SMILES string of the molecule is CCc1ccccc1N(CC(=O)N[C@@H](C)c1ccc(F)cc1)S(C)(=O)=O. The van der Waals surface area contributed by atoms with Gasteiger partial charge in [-0.1, -0.05) is 37.3 Å². The molecular weight excluding hydrogens is 355 g/mol. The van der Waals surface area contributed by atoms with E-state index in [2.05, 4.69) is 5.32 Å². The summed E-state index contributed by atoms with van der Waals surface area (Å²) in [4.78, 5) is 12.4. The topological polar surface area (TPSA) is 66.5 Å². The summed E-state index contributed by atoms with van der Waals surface area (Å²) in [6.45, 7) is 3.37. The number of carbonyl (C=O) groups excluding carboxylic acids is 1. The summed E-state index contributed by atoms with van der Waals surface area (Å²) in [7, 11) is -3.63. The van der Waals surface area contributed by atoms with Crippen LogP contribution in [0.4, 0.5) is 10.1 Å². The van der Waals surface area contributed by atoms with Crippen molar-refractivity contribution in [2.24, 2.45) is 0 Å². The smallest absolute Gasteiger partial charge is 0.241 e. The molecule has 0 heterocycles. The zero-order valence-electron chi connectivity index (χ0n) is 15.1. The molecule has 5 nitrogen and oxygen atoms in total. The van der Waals surface area contributed by atoms with Gasteiger partial charge in [-0.2, -0.15) is 0 Å². The molecule has 0 fully saturated rings. The number of anilines is 1. The number of benzene rings is 2. The molecule has 1 atom stereocenters. The lowest BCUT2D eigenvalue weighted by molar-refractivity contribution is -0.120. The van der Waals surface area contributed by atoms with Gasteiger partial charge in [0.15, 0.2) is 0 Å². The molecule has 0 saturated carbocycles. The molecule has 0 bridgehead atoms. The fourth-order valence-electron chi connectivity index (χ4n) is 2.69. The van der Waals surface area contributed by atoms with E-state index in [1.165, 1.54) is 12.1 Å². The van der Waals surface area contributed by atoms with Gasteiger partial charge in [-0.25, -0.2) is 12.8 Å². The van der Waals surface area contributed by atoms with Crippen LogP contribution in [0.2, 0.25) is 0 Å². The molecule has 26 heavy (non-hydrogen) atoms. The molecule has 2 aromatic carbocycles. The molecular formula is C19H23FN2O3S. The van der Waals surface area contributed by atoms with E-state index in [0.717, 1.165) is 21.7 Å². The highest BCUT2D eigenvalue weighted by Gasteiger charge is 2.23. The van der Waals surface area contributed by atoms with Gasteiger partial charge in [0.05, 0.1) is 18.0 Å². The second-order valence-electron chi connectivity index (χ2n) is 6.09. The third-order valence-electron chi connectivity index (χ3n) is 4.08. The van der Waals surface area contributed by atoms with Crippen LogP contribution in [0.1, 0.15) is 31.0 Å². The summed E-state index contributed by atoms with van der Waals surface area (Å²) < 4.78 is 38.6. The number of halogens is 1. The quantitative estimate of drug-likeness (QED) is 0.805. The second-order valence-corrected chi connectivity index (χ2v) is 8.00. The molecule has 0 aliphatic rings. The first-order valence-corrected chi connectivity index (χ1v) is 10.2. The maximum Gasteiger partial charge on any atom is 0.241 e. The maximum absolute atomic E-state index is 13.0. The molecule has 1 amide bonds. The molecule has 0 unspecified atom stereocenters. The number of nitrogens with one attached hydrogen (secondary N) is 1. The van der Waals surface area contributed by atoms with Gasteiger partial charge in [0, 0.05) is 0 Å². The fourth-order valence-corrected chi connectivity index (χ4v) is 3.57. The first-order chi connectivity index (χ1) is 12.2. The van der Waals surface area contributed by atoms with Gasteiger partial charge in [0.1, 0.15) is 12.4 Å². The molecule has 0 spiro atoms. The molecule has 0 aliphatic carbocycles. The van der Waals surface area contributed by atoms with Crippen LogP contribution in [0, 0.1) is 5.82 Å². The average molecular weight is 378 g/mol. The van der Waals surface area contributed by atoms with Gasteiger partial charge < -0.3 is 5.32 Å². The van der Waals surface area contributed by atoms with Crippen molar-refractivity contribution in [1.29, 1.82) is 0 Å². The zero-order chi connectivity index (χ0) is 19.3. The molecule has 0 aromatic heterocycles. The molecule has 0 saturated heterocycles. The lowest BCUT2D eigenvalue weighted by atomic mass is 10.1. The van der Waals surface area contributed by atoms with Crippen LogP contribution < -0.4 is 9.62 Å². The van der Waals surface area contributed by atoms with Crippen molar-refractivity contribution in [3.05, 3.63) is 65.5 Å². The number of hydrogen-bond donors (Lipinski definition) is 1. The lowest BCUT2D eigenvalue weighted by Gasteiger charge is -2.25. The van der Waals surface area contributed by atoms with Crippen molar-refractivity contribution in [2.45, 2.75) is 26.3 Å². The summed E-state index contributed by atoms with van der Waals surface area (Å²) in [5.74, 6) is -0.787. The molecule has 0 aliphatic heterocycles.